The number of carbonyl (C=O) groups is 2. The van der Waals surface area contributed by atoms with E-state index in [0.29, 0.717) is 24.3 Å². The molecule has 2 fully saturated rings. The lowest BCUT2D eigenvalue weighted by Crippen LogP contribution is -2.34. The molecule has 1 heterocycles. The van der Waals surface area contributed by atoms with Gasteiger partial charge in [0.05, 0.1) is 11.8 Å². The molecule has 4 heteroatoms. The summed E-state index contributed by atoms with van der Waals surface area (Å²) < 4.78 is 0. The van der Waals surface area contributed by atoms with E-state index in [1.165, 1.54) is 4.90 Å². The summed E-state index contributed by atoms with van der Waals surface area (Å²) in [5.41, 5.74) is 0. The van der Waals surface area contributed by atoms with Gasteiger partial charge in [-0.2, -0.15) is 0 Å². The molecule has 0 aromatic carbocycles. The summed E-state index contributed by atoms with van der Waals surface area (Å²) in [5.74, 6) is 0.796. The van der Waals surface area contributed by atoms with Crippen LogP contribution in [0.1, 0.15) is 6.42 Å². The molecule has 2 bridgehead atoms. The summed E-state index contributed by atoms with van der Waals surface area (Å²) in [4.78, 5) is 25.3. The molecule has 3 aliphatic rings. The summed E-state index contributed by atoms with van der Waals surface area (Å²) in [5, 5.41) is 0. The molecule has 0 unspecified atom stereocenters. The Bertz CT molecular complexity index is 336. The third-order valence-corrected chi connectivity index (χ3v) is 4.04. The first kappa shape index (κ1) is 9.40. The van der Waals surface area contributed by atoms with Crippen LogP contribution in [0.5, 0.6) is 0 Å². The van der Waals surface area contributed by atoms with Crippen LogP contribution in [-0.4, -0.2) is 29.1 Å². The summed E-state index contributed by atoms with van der Waals surface area (Å²) in [7, 11) is 0. The van der Waals surface area contributed by atoms with Crippen LogP contribution in [0.15, 0.2) is 12.2 Å². The maximum atomic E-state index is 12.0. The minimum atomic E-state index is -0.0734. The number of hydrogen-bond acceptors (Lipinski definition) is 2. The van der Waals surface area contributed by atoms with Gasteiger partial charge in [0.15, 0.2) is 0 Å². The monoisotopic (exact) mass is 225 g/mol. The molecule has 0 spiro atoms. The average molecular weight is 226 g/mol. The number of allylic oxidation sites excluding steroid dienone is 2. The Morgan fingerprint density at radius 1 is 1.20 bits per heavy atom. The maximum Gasteiger partial charge on any atom is 0.233 e. The van der Waals surface area contributed by atoms with Crippen LogP contribution in [0, 0.1) is 23.7 Å². The highest BCUT2D eigenvalue weighted by Crippen LogP contribution is 2.52. The van der Waals surface area contributed by atoms with Crippen molar-refractivity contribution in [3.8, 4) is 0 Å². The molecule has 0 radical (unpaired) electrons. The first-order valence-electron chi connectivity index (χ1n) is 5.33. The number of rotatable bonds is 2. The second-order valence-corrected chi connectivity index (χ2v) is 4.89. The van der Waals surface area contributed by atoms with Gasteiger partial charge in [0.25, 0.3) is 0 Å². The number of carbonyl (C=O) groups excluding carboxylic acids is 2. The van der Waals surface area contributed by atoms with Gasteiger partial charge in [-0.3, -0.25) is 14.5 Å². The second-order valence-electron chi connectivity index (χ2n) is 4.52. The lowest BCUT2D eigenvalue weighted by atomic mass is 9.85. The Kier molecular flexibility index (Phi) is 1.93. The fourth-order valence-corrected chi connectivity index (χ4v) is 3.44. The van der Waals surface area contributed by atoms with Gasteiger partial charge < -0.3 is 0 Å². The minimum Gasteiger partial charge on any atom is -0.281 e. The quantitative estimate of drug-likeness (QED) is 0.400. The van der Waals surface area contributed by atoms with Crippen molar-refractivity contribution in [2.45, 2.75) is 6.42 Å². The van der Waals surface area contributed by atoms with Crippen LogP contribution in [0.25, 0.3) is 0 Å². The number of fused-ring (bicyclic) bond motifs is 5. The third kappa shape index (κ3) is 1.07. The number of alkyl halides is 1. The van der Waals surface area contributed by atoms with Crippen molar-refractivity contribution in [3.05, 3.63) is 12.2 Å². The zero-order valence-electron chi connectivity index (χ0n) is 8.23. The molecular formula is C11H12ClNO2. The molecule has 0 aromatic heterocycles. The predicted octanol–water partition coefficient (Wildman–Crippen LogP) is 1.03. The smallest absolute Gasteiger partial charge is 0.233 e. The molecule has 3 nitrogen and oxygen atoms in total. The van der Waals surface area contributed by atoms with Crippen LogP contribution in [-0.2, 0) is 9.59 Å². The van der Waals surface area contributed by atoms with Gasteiger partial charge in [-0.15, -0.1) is 11.6 Å². The Morgan fingerprint density at radius 2 is 1.73 bits per heavy atom. The molecule has 0 aromatic rings. The van der Waals surface area contributed by atoms with Crippen molar-refractivity contribution in [1.82, 2.24) is 4.90 Å². The largest absolute Gasteiger partial charge is 0.281 e. The molecule has 4 atom stereocenters. The molecule has 2 amide bonds. The molecule has 1 aliphatic heterocycles. The van der Waals surface area contributed by atoms with E-state index in [0.717, 1.165) is 6.42 Å². The molecule has 15 heavy (non-hydrogen) atoms. The van der Waals surface area contributed by atoms with E-state index in [2.05, 4.69) is 12.2 Å². The number of hydrogen-bond donors (Lipinski definition) is 0. The number of likely N-dealkylation sites (tertiary alicyclic amines) is 1. The van der Waals surface area contributed by atoms with Crippen molar-refractivity contribution >= 4 is 23.4 Å². The maximum absolute atomic E-state index is 12.0. The summed E-state index contributed by atoms with van der Waals surface area (Å²) >= 11 is 5.60. The van der Waals surface area contributed by atoms with Gasteiger partial charge in [-0.1, -0.05) is 12.2 Å². The normalized spacial score (nSPS) is 41.8. The van der Waals surface area contributed by atoms with Crippen LogP contribution in [0.3, 0.4) is 0 Å². The van der Waals surface area contributed by atoms with Gasteiger partial charge in [-0.25, -0.2) is 0 Å². The van der Waals surface area contributed by atoms with Crippen molar-refractivity contribution in [1.29, 1.82) is 0 Å². The van der Waals surface area contributed by atoms with E-state index in [1.807, 2.05) is 0 Å². The van der Waals surface area contributed by atoms with Gasteiger partial charge in [0.1, 0.15) is 0 Å². The van der Waals surface area contributed by atoms with Crippen molar-refractivity contribution < 1.29 is 9.59 Å². The average Bonchev–Trinajstić information content (AvgIpc) is 2.87. The fraction of sp³-hybridized carbons (Fsp3) is 0.636. The van der Waals surface area contributed by atoms with Crippen LogP contribution >= 0.6 is 11.6 Å². The summed E-state index contributed by atoms with van der Waals surface area (Å²) in [6, 6.07) is 0. The number of halogens is 1. The van der Waals surface area contributed by atoms with Gasteiger partial charge in [-0.05, 0) is 18.3 Å². The molecule has 80 valence electrons. The number of imide groups is 1. The van der Waals surface area contributed by atoms with E-state index in [9.17, 15) is 9.59 Å². The van der Waals surface area contributed by atoms with Gasteiger partial charge in [0.2, 0.25) is 11.8 Å². The van der Waals surface area contributed by atoms with Gasteiger partial charge in [0, 0.05) is 12.4 Å². The Labute approximate surface area is 93.1 Å². The Hall–Kier alpha value is -0.830. The highest BCUT2D eigenvalue weighted by molar-refractivity contribution is 6.18. The van der Waals surface area contributed by atoms with Gasteiger partial charge >= 0.3 is 0 Å². The summed E-state index contributed by atoms with van der Waals surface area (Å²) in [6.07, 6.45) is 5.18. The van der Waals surface area contributed by atoms with E-state index >= 15 is 0 Å². The fourth-order valence-electron chi connectivity index (χ4n) is 3.27. The molecule has 0 N–H and O–H groups in total. The van der Waals surface area contributed by atoms with E-state index in [-0.39, 0.29) is 23.7 Å². The SMILES string of the molecule is O=C1[C@H]2[C@H](C(=O)N1CCCl)[C@@H]1C=C[C@@H]2C1. The molecule has 1 saturated carbocycles. The molecule has 1 saturated heterocycles. The minimum absolute atomic E-state index is 0.00231. The standard InChI is InChI=1S/C11H12ClNO2/c12-3-4-13-10(14)8-6-1-2-7(5-6)9(8)11(13)15/h1-2,6-9H,3-5H2/t6-,7-,8-,9-/m1/s1. The zero-order chi connectivity index (χ0) is 10.6. The van der Waals surface area contributed by atoms with E-state index in [1.54, 1.807) is 0 Å². The lowest BCUT2D eigenvalue weighted by Gasteiger charge is -2.15. The molecule has 3 rings (SSSR count). The lowest BCUT2D eigenvalue weighted by molar-refractivity contribution is -0.140. The Balaban J connectivity index is 1.93. The highest BCUT2D eigenvalue weighted by atomic mass is 35.5. The molecular weight excluding hydrogens is 214 g/mol. The van der Waals surface area contributed by atoms with Crippen LogP contribution < -0.4 is 0 Å². The number of amides is 2. The van der Waals surface area contributed by atoms with Crippen molar-refractivity contribution in [2.75, 3.05) is 12.4 Å². The predicted molar refractivity (Wildman–Crippen MR) is 55.2 cm³/mol. The number of nitrogens with zero attached hydrogens (tertiary/aromatic N) is 1. The second kappa shape index (κ2) is 3.08. The summed E-state index contributed by atoms with van der Waals surface area (Å²) in [6.45, 7) is 0.367. The van der Waals surface area contributed by atoms with Crippen LogP contribution in [0.4, 0.5) is 0 Å². The van der Waals surface area contributed by atoms with Crippen molar-refractivity contribution in [2.24, 2.45) is 23.7 Å². The first-order valence-corrected chi connectivity index (χ1v) is 5.87. The Morgan fingerprint density at radius 3 is 2.20 bits per heavy atom. The van der Waals surface area contributed by atoms with Crippen molar-refractivity contribution in [3.63, 3.8) is 0 Å². The highest BCUT2D eigenvalue weighted by Gasteiger charge is 2.58. The van der Waals surface area contributed by atoms with E-state index in [4.69, 9.17) is 11.6 Å². The zero-order valence-corrected chi connectivity index (χ0v) is 8.98. The first-order chi connectivity index (χ1) is 7.24. The topological polar surface area (TPSA) is 37.4 Å². The van der Waals surface area contributed by atoms with E-state index < -0.39 is 0 Å². The third-order valence-electron chi connectivity index (χ3n) is 3.87. The van der Waals surface area contributed by atoms with Crippen LogP contribution in [0.2, 0.25) is 0 Å². The molecule has 2 aliphatic carbocycles.